The van der Waals surface area contributed by atoms with Crippen molar-refractivity contribution in [2.75, 3.05) is 0 Å². The van der Waals surface area contributed by atoms with Gasteiger partial charge in [0.1, 0.15) is 5.75 Å². The van der Waals surface area contributed by atoms with Crippen LogP contribution in [0, 0.1) is 34.0 Å². The third-order valence-corrected chi connectivity index (χ3v) is 13.7. The summed E-state index contributed by atoms with van der Waals surface area (Å²) in [6, 6.07) is 4.89. The molecule has 0 amide bonds. The molecule has 5 aliphatic carbocycles. The Bertz CT molecular complexity index is 1040. The number of hydrogen-bond donors (Lipinski definition) is 1. The van der Waals surface area contributed by atoms with Crippen molar-refractivity contribution in [3.63, 3.8) is 0 Å². The fourth-order valence-electron chi connectivity index (χ4n) is 11.9. The highest BCUT2D eigenvalue weighted by Crippen LogP contribution is 3.03. The Morgan fingerprint density at radius 1 is 0.868 bits per heavy atom. The third kappa shape index (κ3) is 3.62. The molecule has 2 heteroatoms. The summed E-state index contributed by atoms with van der Waals surface area (Å²) in [7, 11) is 0. The van der Waals surface area contributed by atoms with Gasteiger partial charge in [-0.05, 0) is 96.3 Å². The van der Waals surface area contributed by atoms with Gasteiger partial charge in [0.2, 0.25) is 0 Å². The number of benzene rings is 1. The molecule has 5 fully saturated rings. The van der Waals surface area contributed by atoms with Crippen LogP contribution in [-0.2, 0) is 16.6 Å². The number of rotatable bonds is 8. The fraction of sp³-hybridized carbons (Fsp3) is 0.833. The van der Waals surface area contributed by atoms with E-state index in [1.54, 1.807) is 0 Å². The van der Waals surface area contributed by atoms with Crippen molar-refractivity contribution in [1.82, 2.24) is 0 Å². The van der Waals surface area contributed by atoms with Crippen LogP contribution in [0.2, 0.25) is 0 Å². The minimum absolute atomic E-state index is 0.104. The maximum absolute atomic E-state index is 12.1. The van der Waals surface area contributed by atoms with Crippen LogP contribution in [0.3, 0.4) is 0 Å². The molecule has 5 aliphatic rings. The average Bonchev–Trinajstić information content (AvgIpc) is 2.74. The average molecular weight is 537 g/mol. The molecule has 0 heterocycles. The van der Waals surface area contributed by atoms with Crippen molar-refractivity contribution in [2.24, 2.45) is 34.0 Å². The Kier molecular flexibility index (Phi) is 6.66. The van der Waals surface area contributed by atoms with Crippen LogP contribution >= 0.6 is 11.8 Å². The normalized spacial score (nSPS) is 38.3. The monoisotopic (exact) mass is 536 g/mol. The second-order valence-electron chi connectivity index (χ2n) is 16.7. The van der Waals surface area contributed by atoms with Crippen LogP contribution in [0.1, 0.15) is 149 Å². The Balaban J connectivity index is 1.36. The lowest BCUT2D eigenvalue weighted by molar-refractivity contribution is -0.500. The molecule has 5 saturated carbocycles. The van der Waals surface area contributed by atoms with Gasteiger partial charge in [0.05, 0.1) is 0 Å². The molecule has 212 valence electrons. The SMILES string of the molecule is CC(C)CC12CC3CC4(c5cc(C(C)(C)C)cc(CSC6CCCCCCC6)c5O)CC(CC(C)C)(C1)C324. The van der Waals surface area contributed by atoms with Crippen molar-refractivity contribution in [2.45, 2.75) is 154 Å². The van der Waals surface area contributed by atoms with E-state index >= 15 is 0 Å². The second kappa shape index (κ2) is 9.19. The number of phenols is 1. The predicted molar refractivity (Wildman–Crippen MR) is 164 cm³/mol. The smallest absolute Gasteiger partial charge is 0.123 e. The zero-order valence-electron chi connectivity index (χ0n) is 25.7. The van der Waals surface area contributed by atoms with E-state index < -0.39 is 0 Å². The van der Waals surface area contributed by atoms with Gasteiger partial charge in [0.25, 0.3) is 0 Å². The highest BCUT2D eigenvalue weighted by Gasteiger charge is 2.98. The number of hydrogen-bond acceptors (Lipinski definition) is 2. The standard InChI is InChI=1S/C36H56OS/c1-24(2)17-33-19-28-20-35(23-34(22-33,18-25(3)4)36(28,33)35)30-16-27(32(5,6)7)15-26(31(30)37)21-38-29-13-11-9-8-10-12-14-29/h15-16,24-25,28-29,37H,8-14,17-23H2,1-7H3. The first-order valence-electron chi connectivity index (χ1n) is 16.4. The second-order valence-corrected chi connectivity index (χ2v) is 18.0. The van der Waals surface area contributed by atoms with E-state index in [1.807, 2.05) is 0 Å². The summed E-state index contributed by atoms with van der Waals surface area (Å²) in [4.78, 5) is 0. The first kappa shape index (κ1) is 27.5. The van der Waals surface area contributed by atoms with Gasteiger partial charge in [-0.3, -0.25) is 0 Å². The summed E-state index contributed by atoms with van der Waals surface area (Å²) in [6.45, 7) is 16.9. The molecule has 38 heavy (non-hydrogen) atoms. The van der Waals surface area contributed by atoms with E-state index in [-0.39, 0.29) is 10.8 Å². The van der Waals surface area contributed by atoms with Crippen LogP contribution in [-0.4, -0.2) is 10.4 Å². The van der Waals surface area contributed by atoms with Crippen LogP contribution in [0.15, 0.2) is 12.1 Å². The molecule has 1 N–H and O–H groups in total. The maximum atomic E-state index is 12.1. The first-order chi connectivity index (χ1) is 17.9. The van der Waals surface area contributed by atoms with Crippen molar-refractivity contribution in [3.05, 3.63) is 28.8 Å². The highest BCUT2D eigenvalue weighted by atomic mass is 32.2. The van der Waals surface area contributed by atoms with Crippen LogP contribution in [0.5, 0.6) is 5.75 Å². The molecule has 0 radical (unpaired) electrons. The Labute approximate surface area is 238 Å². The van der Waals surface area contributed by atoms with E-state index in [0.717, 1.165) is 28.8 Å². The van der Waals surface area contributed by atoms with E-state index in [9.17, 15) is 5.11 Å². The van der Waals surface area contributed by atoms with Gasteiger partial charge in [-0.2, -0.15) is 11.8 Å². The Morgan fingerprint density at radius 3 is 2.11 bits per heavy atom. The van der Waals surface area contributed by atoms with Crippen LogP contribution in [0.25, 0.3) is 0 Å². The largest absolute Gasteiger partial charge is 0.507 e. The van der Waals surface area contributed by atoms with Crippen molar-refractivity contribution in [1.29, 1.82) is 0 Å². The number of aromatic hydroxyl groups is 1. The van der Waals surface area contributed by atoms with Crippen molar-refractivity contribution in [3.8, 4) is 5.75 Å². The van der Waals surface area contributed by atoms with Crippen molar-refractivity contribution < 1.29 is 5.11 Å². The molecule has 0 aromatic heterocycles. The highest BCUT2D eigenvalue weighted by molar-refractivity contribution is 7.99. The summed E-state index contributed by atoms with van der Waals surface area (Å²) >= 11 is 2.15. The van der Waals surface area contributed by atoms with Gasteiger partial charge < -0.3 is 5.11 Å². The van der Waals surface area contributed by atoms with Crippen LogP contribution in [0.4, 0.5) is 0 Å². The molecule has 1 nitrogen and oxygen atoms in total. The van der Waals surface area contributed by atoms with E-state index in [0.29, 0.717) is 22.0 Å². The van der Waals surface area contributed by atoms with Gasteiger partial charge in [-0.25, -0.2) is 0 Å². The lowest BCUT2D eigenvalue weighted by Crippen LogP contribution is -2.96. The van der Waals surface area contributed by atoms with Gasteiger partial charge in [-0.1, -0.05) is 92.7 Å². The first-order valence-corrected chi connectivity index (χ1v) is 17.4. The molecule has 6 rings (SSSR count). The molecule has 0 bridgehead atoms. The zero-order valence-corrected chi connectivity index (χ0v) is 26.5. The zero-order chi connectivity index (χ0) is 27.1. The van der Waals surface area contributed by atoms with Gasteiger partial charge >= 0.3 is 0 Å². The molecule has 1 aromatic carbocycles. The van der Waals surface area contributed by atoms with Crippen LogP contribution < -0.4 is 0 Å². The van der Waals surface area contributed by atoms with Gasteiger partial charge in [0, 0.05) is 27.5 Å². The molecule has 1 aromatic rings. The molecule has 0 saturated heterocycles. The third-order valence-electron chi connectivity index (χ3n) is 12.3. The molecule has 5 atom stereocenters. The van der Waals surface area contributed by atoms with E-state index in [2.05, 4.69) is 72.4 Å². The Hall–Kier alpha value is -0.630. The molecule has 1 spiro atoms. The molecular weight excluding hydrogens is 480 g/mol. The molecular formula is C36H56OS. The lowest BCUT2D eigenvalue weighted by atomic mass is 9.03. The summed E-state index contributed by atoms with van der Waals surface area (Å²) in [5.74, 6) is 4.12. The van der Waals surface area contributed by atoms with E-state index in [4.69, 9.17) is 0 Å². The number of thioether (sulfide) groups is 1. The molecule has 0 aliphatic heterocycles. The quantitative estimate of drug-likeness (QED) is 0.356. The fourth-order valence-corrected chi connectivity index (χ4v) is 13.2. The molecule has 5 unspecified atom stereocenters. The number of phenolic OH excluding ortho intramolecular Hbond substituents is 1. The van der Waals surface area contributed by atoms with E-state index in [1.165, 1.54) is 100 Å². The predicted octanol–water partition coefficient (Wildman–Crippen LogP) is 10.6. The van der Waals surface area contributed by atoms with Gasteiger partial charge in [-0.15, -0.1) is 0 Å². The van der Waals surface area contributed by atoms with Crippen molar-refractivity contribution >= 4 is 11.8 Å². The summed E-state index contributed by atoms with van der Waals surface area (Å²) < 4.78 is 0. The minimum atomic E-state index is 0.104. The van der Waals surface area contributed by atoms with Gasteiger partial charge in [0.15, 0.2) is 0 Å². The lowest BCUT2D eigenvalue weighted by Gasteiger charge is -3.01. The maximum Gasteiger partial charge on any atom is 0.123 e. The Morgan fingerprint density at radius 2 is 1.50 bits per heavy atom. The summed E-state index contributed by atoms with van der Waals surface area (Å²) in [5, 5.41) is 12.9. The minimum Gasteiger partial charge on any atom is -0.507 e. The topological polar surface area (TPSA) is 20.2 Å². The summed E-state index contributed by atoms with van der Waals surface area (Å²) in [6.07, 6.45) is 18.2. The summed E-state index contributed by atoms with van der Waals surface area (Å²) in [5.41, 5.74) is 5.99.